The number of rotatable bonds is 7. The predicted octanol–water partition coefficient (Wildman–Crippen LogP) is 3.07. The Balaban J connectivity index is 1.65. The summed E-state index contributed by atoms with van der Waals surface area (Å²) < 4.78 is 14.6. The number of aliphatic hydroxyl groups excluding tert-OH is 1. The summed E-state index contributed by atoms with van der Waals surface area (Å²) in [5.41, 5.74) is 2.46. The van der Waals surface area contributed by atoms with Gasteiger partial charge in [0, 0.05) is 25.2 Å². The molecule has 0 fully saturated rings. The highest BCUT2D eigenvalue weighted by atomic mass is 19.1. The van der Waals surface area contributed by atoms with Crippen LogP contribution in [0.4, 0.5) is 15.8 Å². The molecule has 2 aromatic carbocycles. The Bertz CT molecular complexity index is 909. The molecule has 7 nitrogen and oxygen atoms in total. The summed E-state index contributed by atoms with van der Waals surface area (Å²) in [5.74, 6) is -0.308. The van der Waals surface area contributed by atoms with E-state index >= 15 is 0 Å². The van der Waals surface area contributed by atoms with E-state index < -0.39 is 4.92 Å². The Labute approximate surface area is 148 Å². The number of aromatic nitrogens is 2. The fraction of sp³-hybridized carbons (Fsp3) is 0.167. The van der Waals surface area contributed by atoms with Crippen LogP contribution in [0.25, 0.3) is 5.69 Å². The molecule has 0 saturated heterocycles. The standard InChI is InChI=1S/C18H17FN4O3/c19-14-2-4-16(5-3-14)22-10-8-15(21-22)7-9-20-17-11-13(12-24)1-6-18(17)23(25)26/h1-6,8,10-11,20,24H,7,9,12H2. The Kier molecular flexibility index (Phi) is 5.23. The van der Waals surface area contributed by atoms with E-state index in [0.717, 1.165) is 11.4 Å². The first kappa shape index (κ1) is 17.6. The smallest absolute Gasteiger partial charge is 0.292 e. The van der Waals surface area contributed by atoms with Gasteiger partial charge in [0.05, 0.1) is 22.9 Å². The van der Waals surface area contributed by atoms with Gasteiger partial charge in [0.2, 0.25) is 0 Å². The first-order valence-electron chi connectivity index (χ1n) is 7.99. The highest BCUT2D eigenvalue weighted by Gasteiger charge is 2.13. The normalized spacial score (nSPS) is 10.7. The molecule has 0 atom stereocenters. The van der Waals surface area contributed by atoms with Gasteiger partial charge < -0.3 is 10.4 Å². The van der Waals surface area contributed by atoms with Crippen molar-refractivity contribution < 1.29 is 14.4 Å². The van der Waals surface area contributed by atoms with Gasteiger partial charge in [-0.15, -0.1) is 0 Å². The van der Waals surface area contributed by atoms with Gasteiger partial charge in [0.1, 0.15) is 11.5 Å². The summed E-state index contributed by atoms with van der Waals surface area (Å²) in [6.45, 7) is 0.255. The van der Waals surface area contributed by atoms with Crippen LogP contribution in [-0.2, 0) is 13.0 Å². The Morgan fingerprint density at radius 3 is 2.65 bits per heavy atom. The minimum atomic E-state index is -0.466. The van der Waals surface area contributed by atoms with Crippen LogP contribution in [-0.4, -0.2) is 26.4 Å². The number of nitrogens with one attached hydrogen (secondary N) is 1. The molecular weight excluding hydrogens is 339 g/mol. The van der Waals surface area contributed by atoms with Crippen molar-refractivity contribution in [2.24, 2.45) is 0 Å². The summed E-state index contributed by atoms with van der Waals surface area (Å²) in [4.78, 5) is 10.6. The summed E-state index contributed by atoms with van der Waals surface area (Å²) in [6, 6.07) is 12.3. The van der Waals surface area contributed by atoms with E-state index in [1.54, 1.807) is 29.1 Å². The largest absolute Gasteiger partial charge is 0.392 e. The second-order valence-corrected chi connectivity index (χ2v) is 5.67. The molecule has 1 heterocycles. The zero-order valence-electron chi connectivity index (χ0n) is 13.8. The first-order chi connectivity index (χ1) is 12.6. The molecule has 3 aromatic rings. The van der Waals surface area contributed by atoms with Crippen LogP contribution in [0.15, 0.2) is 54.7 Å². The summed E-state index contributed by atoms with van der Waals surface area (Å²) in [5, 5.41) is 27.7. The van der Waals surface area contributed by atoms with E-state index in [0.29, 0.717) is 24.2 Å². The fourth-order valence-corrected chi connectivity index (χ4v) is 2.54. The number of hydrogen-bond donors (Lipinski definition) is 2. The molecule has 0 aliphatic carbocycles. The zero-order chi connectivity index (χ0) is 18.5. The van der Waals surface area contributed by atoms with Crippen LogP contribution < -0.4 is 5.32 Å². The SMILES string of the molecule is O=[N+]([O-])c1ccc(CO)cc1NCCc1ccn(-c2ccc(F)cc2)n1. The lowest BCUT2D eigenvalue weighted by molar-refractivity contribution is -0.384. The minimum absolute atomic E-state index is 0.0426. The summed E-state index contributed by atoms with van der Waals surface area (Å²) >= 11 is 0. The van der Waals surface area contributed by atoms with Crippen LogP contribution in [0.2, 0.25) is 0 Å². The Hall–Kier alpha value is -3.26. The van der Waals surface area contributed by atoms with Gasteiger partial charge in [0.25, 0.3) is 5.69 Å². The van der Waals surface area contributed by atoms with Crippen molar-refractivity contribution in [3.05, 3.63) is 81.9 Å². The lowest BCUT2D eigenvalue weighted by Gasteiger charge is -2.08. The van der Waals surface area contributed by atoms with E-state index in [1.807, 2.05) is 6.07 Å². The van der Waals surface area contributed by atoms with Gasteiger partial charge in [-0.1, -0.05) is 0 Å². The average molecular weight is 356 g/mol. The Morgan fingerprint density at radius 2 is 1.96 bits per heavy atom. The molecule has 0 amide bonds. The number of nitrogens with zero attached hydrogens (tertiary/aromatic N) is 3. The number of anilines is 1. The highest BCUT2D eigenvalue weighted by Crippen LogP contribution is 2.25. The first-order valence-corrected chi connectivity index (χ1v) is 7.99. The lowest BCUT2D eigenvalue weighted by Crippen LogP contribution is -2.08. The lowest BCUT2D eigenvalue weighted by atomic mass is 10.1. The molecule has 0 aliphatic heterocycles. The summed E-state index contributed by atoms with van der Waals surface area (Å²) in [6.07, 6.45) is 2.33. The van der Waals surface area contributed by atoms with E-state index in [2.05, 4.69) is 10.4 Å². The third-order valence-electron chi connectivity index (χ3n) is 3.87. The number of halogens is 1. The van der Waals surface area contributed by atoms with Crippen LogP contribution in [0.1, 0.15) is 11.3 Å². The van der Waals surface area contributed by atoms with Crippen molar-refractivity contribution in [3.8, 4) is 5.69 Å². The Morgan fingerprint density at radius 1 is 1.19 bits per heavy atom. The second kappa shape index (κ2) is 7.75. The molecule has 8 heteroatoms. The highest BCUT2D eigenvalue weighted by molar-refractivity contribution is 5.62. The maximum atomic E-state index is 13.0. The maximum absolute atomic E-state index is 13.0. The number of aliphatic hydroxyl groups is 1. The van der Waals surface area contributed by atoms with E-state index in [4.69, 9.17) is 0 Å². The van der Waals surface area contributed by atoms with E-state index in [1.165, 1.54) is 24.3 Å². The third-order valence-corrected chi connectivity index (χ3v) is 3.87. The molecule has 2 N–H and O–H groups in total. The van der Waals surface area contributed by atoms with Crippen molar-refractivity contribution in [2.75, 3.05) is 11.9 Å². The molecule has 134 valence electrons. The zero-order valence-corrected chi connectivity index (χ0v) is 13.8. The molecule has 0 aliphatic rings. The molecule has 0 bridgehead atoms. The molecule has 0 spiro atoms. The summed E-state index contributed by atoms with van der Waals surface area (Å²) in [7, 11) is 0. The van der Waals surface area contributed by atoms with E-state index in [-0.39, 0.29) is 18.1 Å². The van der Waals surface area contributed by atoms with Gasteiger partial charge in [-0.05, 0) is 48.0 Å². The molecule has 3 rings (SSSR count). The van der Waals surface area contributed by atoms with Crippen LogP contribution in [0.5, 0.6) is 0 Å². The molecule has 0 unspecified atom stereocenters. The minimum Gasteiger partial charge on any atom is -0.392 e. The maximum Gasteiger partial charge on any atom is 0.292 e. The fourth-order valence-electron chi connectivity index (χ4n) is 2.54. The van der Waals surface area contributed by atoms with Crippen molar-refractivity contribution in [1.29, 1.82) is 0 Å². The monoisotopic (exact) mass is 356 g/mol. The molecular formula is C18H17FN4O3. The predicted molar refractivity (Wildman–Crippen MR) is 94.7 cm³/mol. The van der Waals surface area contributed by atoms with Gasteiger partial charge in [-0.2, -0.15) is 5.10 Å². The number of nitro benzene ring substituents is 1. The van der Waals surface area contributed by atoms with Crippen LogP contribution >= 0.6 is 0 Å². The van der Waals surface area contributed by atoms with Crippen molar-refractivity contribution >= 4 is 11.4 Å². The number of hydrogen-bond acceptors (Lipinski definition) is 5. The van der Waals surface area contributed by atoms with Crippen molar-refractivity contribution in [3.63, 3.8) is 0 Å². The van der Waals surface area contributed by atoms with Gasteiger partial charge in [0.15, 0.2) is 0 Å². The van der Waals surface area contributed by atoms with Crippen molar-refractivity contribution in [2.45, 2.75) is 13.0 Å². The number of benzene rings is 2. The average Bonchev–Trinajstić information content (AvgIpc) is 3.11. The quantitative estimate of drug-likeness (QED) is 0.501. The topological polar surface area (TPSA) is 93.2 Å². The third kappa shape index (κ3) is 4.04. The van der Waals surface area contributed by atoms with Crippen LogP contribution in [0.3, 0.4) is 0 Å². The van der Waals surface area contributed by atoms with Crippen LogP contribution in [0, 0.1) is 15.9 Å². The van der Waals surface area contributed by atoms with E-state index in [9.17, 15) is 19.6 Å². The molecule has 26 heavy (non-hydrogen) atoms. The second-order valence-electron chi connectivity index (χ2n) is 5.67. The molecule has 0 radical (unpaired) electrons. The molecule has 0 saturated carbocycles. The number of nitro groups is 1. The van der Waals surface area contributed by atoms with Crippen molar-refractivity contribution in [1.82, 2.24) is 9.78 Å². The molecule has 1 aromatic heterocycles. The van der Waals surface area contributed by atoms with Gasteiger partial charge in [-0.3, -0.25) is 10.1 Å². The van der Waals surface area contributed by atoms with Gasteiger partial charge >= 0.3 is 0 Å². The van der Waals surface area contributed by atoms with Gasteiger partial charge in [-0.25, -0.2) is 9.07 Å².